The van der Waals surface area contributed by atoms with Crippen LogP contribution in [0.15, 0.2) is 109 Å². The molecule has 0 aromatic heterocycles. The molecule has 0 saturated heterocycles. The van der Waals surface area contributed by atoms with Gasteiger partial charge in [0.15, 0.2) is 6.10 Å². The number of ether oxygens (including phenoxy) is 3. The molecule has 0 heterocycles. The third kappa shape index (κ3) is 43.0. The summed E-state index contributed by atoms with van der Waals surface area (Å²) in [5.41, 5.74) is 0. The molecule has 1 atom stereocenters. The molecular formula is C51H80O6. The summed E-state index contributed by atoms with van der Waals surface area (Å²) in [6, 6.07) is 0. The molecule has 57 heavy (non-hydrogen) atoms. The zero-order chi connectivity index (χ0) is 41.5. The van der Waals surface area contributed by atoms with Crippen molar-refractivity contribution >= 4 is 17.9 Å². The summed E-state index contributed by atoms with van der Waals surface area (Å²) in [5.74, 6) is -1.12. The Hall–Kier alpha value is -3.93. The fraction of sp³-hybridized carbons (Fsp3) is 0.588. The zero-order valence-electron chi connectivity index (χ0n) is 36.3. The Labute approximate surface area is 349 Å². The number of carbonyl (C=O) groups excluding carboxylic acids is 3. The fourth-order valence-corrected chi connectivity index (χ4v) is 5.54. The van der Waals surface area contributed by atoms with E-state index in [0.29, 0.717) is 12.8 Å². The lowest BCUT2D eigenvalue weighted by Crippen LogP contribution is -2.30. The Morgan fingerprint density at radius 1 is 0.404 bits per heavy atom. The van der Waals surface area contributed by atoms with E-state index in [4.69, 9.17) is 14.2 Å². The van der Waals surface area contributed by atoms with Gasteiger partial charge in [-0.05, 0) is 83.5 Å². The highest BCUT2D eigenvalue weighted by molar-refractivity contribution is 5.72. The summed E-state index contributed by atoms with van der Waals surface area (Å²) in [6.07, 6.45) is 59.6. The molecule has 0 aliphatic carbocycles. The van der Waals surface area contributed by atoms with Crippen LogP contribution in [0.4, 0.5) is 0 Å². The van der Waals surface area contributed by atoms with Gasteiger partial charge in [-0.15, -0.1) is 0 Å². The maximum absolute atomic E-state index is 12.7. The fourth-order valence-electron chi connectivity index (χ4n) is 5.54. The number of hydrogen-bond donors (Lipinski definition) is 0. The Morgan fingerprint density at radius 3 is 1.46 bits per heavy atom. The molecule has 0 bridgehead atoms. The predicted molar refractivity (Wildman–Crippen MR) is 242 cm³/mol. The van der Waals surface area contributed by atoms with Crippen molar-refractivity contribution in [2.45, 2.75) is 181 Å². The van der Waals surface area contributed by atoms with Crippen LogP contribution in [-0.4, -0.2) is 37.2 Å². The molecule has 0 radical (unpaired) electrons. The van der Waals surface area contributed by atoms with E-state index in [9.17, 15) is 14.4 Å². The van der Waals surface area contributed by atoms with Crippen LogP contribution in [0.25, 0.3) is 0 Å². The van der Waals surface area contributed by atoms with Crippen molar-refractivity contribution in [3.05, 3.63) is 109 Å². The van der Waals surface area contributed by atoms with Crippen molar-refractivity contribution in [3.63, 3.8) is 0 Å². The van der Waals surface area contributed by atoms with E-state index in [1.165, 1.54) is 51.4 Å². The van der Waals surface area contributed by atoms with Gasteiger partial charge in [0.25, 0.3) is 0 Å². The molecule has 6 heteroatoms. The van der Waals surface area contributed by atoms with Gasteiger partial charge in [-0.25, -0.2) is 0 Å². The van der Waals surface area contributed by atoms with Gasteiger partial charge in [0, 0.05) is 12.8 Å². The van der Waals surface area contributed by atoms with Gasteiger partial charge in [-0.2, -0.15) is 0 Å². The van der Waals surface area contributed by atoms with E-state index in [-0.39, 0.29) is 38.0 Å². The van der Waals surface area contributed by atoms with Gasteiger partial charge in [0.1, 0.15) is 13.2 Å². The normalized spacial score (nSPS) is 13.1. The van der Waals surface area contributed by atoms with E-state index in [2.05, 4.69) is 81.5 Å². The lowest BCUT2D eigenvalue weighted by atomic mass is 10.1. The second-order valence-corrected chi connectivity index (χ2v) is 14.3. The number of hydrogen-bond acceptors (Lipinski definition) is 6. The molecule has 0 rings (SSSR count). The smallest absolute Gasteiger partial charge is 0.309 e. The lowest BCUT2D eigenvalue weighted by Gasteiger charge is -2.18. The van der Waals surface area contributed by atoms with Crippen LogP contribution >= 0.6 is 0 Å². The van der Waals surface area contributed by atoms with E-state index in [1.807, 2.05) is 42.5 Å². The third-order valence-electron chi connectivity index (χ3n) is 8.87. The lowest BCUT2D eigenvalue weighted by molar-refractivity contribution is -0.166. The highest BCUT2D eigenvalue weighted by atomic mass is 16.6. The number of unbranched alkanes of at least 4 members (excludes halogenated alkanes) is 13. The molecule has 320 valence electrons. The first-order chi connectivity index (χ1) is 28.0. The molecule has 0 amide bonds. The summed E-state index contributed by atoms with van der Waals surface area (Å²) < 4.78 is 16.5. The molecule has 0 fully saturated rings. The summed E-state index contributed by atoms with van der Waals surface area (Å²) >= 11 is 0. The zero-order valence-corrected chi connectivity index (χ0v) is 36.3. The van der Waals surface area contributed by atoms with Crippen LogP contribution in [-0.2, 0) is 28.6 Å². The Morgan fingerprint density at radius 2 is 0.842 bits per heavy atom. The summed E-state index contributed by atoms with van der Waals surface area (Å²) in [6.45, 7) is 6.18. The van der Waals surface area contributed by atoms with Crippen molar-refractivity contribution in [2.75, 3.05) is 13.2 Å². The van der Waals surface area contributed by atoms with E-state index < -0.39 is 12.1 Å². The molecule has 0 aromatic carbocycles. The molecule has 0 spiro atoms. The van der Waals surface area contributed by atoms with Crippen molar-refractivity contribution in [2.24, 2.45) is 0 Å². The van der Waals surface area contributed by atoms with E-state index in [1.54, 1.807) is 6.08 Å². The van der Waals surface area contributed by atoms with Crippen LogP contribution in [0.5, 0.6) is 0 Å². The number of allylic oxidation sites excluding steroid dienone is 17. The van der Waals surface area contributed by atoms with Gasteiger partial charge in [0.05, 0.1) is 6.42 Å². The van der Waals surface area contributed by atoms with Crippen molar-refractivity contribution in [3.8, 4) is 0 Å². The van der Waals surface area contributed by atoms with Crippen LogP contribution in [0, 0.1) is 0 Å². The Balaban J connectivity index is 4.49. The minimum absolute atomic E-state index is 0.120. The standard InChI is InChI=1S/C51H80O6/c1-4-7-10-13-16-19-21-23-24-25-26-28-29-32-35-38-41-44-50(53)56-47-48(46-55-49(52)43-40-37-34-31-18-15-12-9-6-3)57-51(54)45-42-39-36-33-30-27-22-20-17-14-11-8-5-2/h8-9,11-12,14,16-20,22-24,27,30-31,37,40,48H,4-7,10,13,15,21,25-26,28-29,32-36,38-39,41-47H2,1-3H3/b11-8-,12-9-,17-14-,19-16-,22-20-,24-23-,30-27-,31-18-,40-37-. The maximum atomic E-state index is 12.7. The molecule has 6 nitrogen and oxygen atoms in total. The van der Waals surface area contributed by atoms with Crippen molar-refractivity contribution < 1.29 is 28.6 Å². The Bertz CT molecular complexity index is 1230. The predicted octanol–water partition coefficient (Wildman–Crippen LogP) is 14.4. The van der Waals surface area contributed by atoms with Crippen molar-refractivity contribution in [1.29, 1.82) is 0 Å². The highest BCUT2D eigenvalue weighted by Gasteiger charge is 2.19. The number of esters is 3. The second-order valence-electron chi connectivity index (χ2n) is 14.3. The summed E-state index contributed by atoms with van der Waals surface area (Å²) in [4.78, 5) is 37.6. The average molecular weight is 789 g/mol. The van der Waals surface area contributed by atoms with Gasteiger partial charge >= 0.3 is 17.9 Å². The topological polar surface area (TPSA) is 78.9 Å². The maximum Gasteiger partial charge on any atom is 0.309 e. The first kappa shape index (κ1) is 53.1. The minimum Gasteiger partial charge on any atom is -0.462 e. The van der Waals surface area contributed by atoms with Gasteiger partial charge < -0.3 is 14.2 Å². The van der Waals surface area contributed by atoms with Crippen molar-refractivity contribution in [1.82, 2.24) is 0 Å². The molecule has 0 aromatic rings. The van der Waals surface area contributed by atoms with Gasteiger partial charge in [-0.3, -0.25) is 14.4 Å². The van der Waals surface area contributed by atoms with Gasteiger partial charge in [0.2, 0.25) is 0 Å². The SMILES string of the molecule is CC\C=C/C=C\C=C/C=C\CCCCCC(=O)OC(COC(=O)C/C=C\C/C=C\C/C=C\CC)COC(=O)CCCCCCCCC/C=C\C/C=C\CCCCC. The summed E-state index contributed by atoms with van der Waals surface area (Å²) in [5, 5.41) is 0. The largest absolute Gasteiger partial charge is 0.462 e. The van der Waals surface area contributed by atoms with Crippen LogP contribution in [0.1, 0.15) is 175 Å². The quantitative estimate of drug-likeness (QED) is 0.0204. The van der Waals surface area contributed by atoms with Crippen LogP contribution < -0.4 is 0 Å². The van der Waals surface area contributed by atoms with Gasteiger partial charge in [-0.1, -0.05) is 182 Å². The molecule has 0 saturated carbocycles. The van der Waals surface area contributed by atoms with Crippen LogP contribution in [0.3, 0.4) is 0 Å². The van der Waals surface area contributed by atoms with E-state index in [0.717, 1.165) is 77.0 Å². The molecule has 0 N–H and O–H groups in total. The molecule has 0 aliphatic rings. The second kappa shape index (κ2) is 44.8. The molecule has 0 aliphatic heterocycles. The summed E-state index contributed by atoms with van der Waals surface area (Å²) in [7, 11) is 0. The average Bonchev–Trinajstić information content (AvgIpc) is 3.21. The van der Waals surface area contributed by atoms with E-state index >= 15 is 0 Å². The van der Waals surface area contributed by atoms with Crippen LogP contribution in [0.2, 0.25) is 0 Å². The minimum atomic E-state index is -0.836. The first-order valence-electron chi connectivity index (χ1n) is 22.4. The Kier molecular flexibility index (Phi) is 41.7. The number of rotatable bonds is 38. The molecular weight excluding hydrogens is 709 g/mol. The monoisotopic (exact) mass is 789 g/mol. The highest BCUT2D eigenvalue weighted by Crippen LogP contribution is 2.12. The first-order valence-corrected chi connectivity index (χ1v) is 22.4. The molecule has 1 unspecified atom stereocenters. The third-order valence-corrected chi connectivity index (χ3v) is 8.87. The number of carbonyl (C=O) groups is 3.